The Morgan fingerprint density at radius 2 is 1.91 bits per heavy atom. The van der Waals surface area contributed by atoms with Gasteiger partial charge in [-0.2, -0.15) is 0 Å². The zero-order chi connectivity index (χ0) is 8.59. The molecule has 1 aromatic rings. The fourth-order valence-electron chi connectivity index (χ4n) is 0.580. The van der Waals surface area contributed by atoms with Crippen molar-refractivity contribution in [3.8, 4) is 0 Å². The summed E-state index contributed by atoms with van der Waals surface area (Å²) in [4.78, 5) is 0. The van der Waals surface area contributed by atoms with E-state index in [1.165, 1.54) is 0 Å². The molecule has 1 rings (SSSR count). The number of hydrogen-bond donors (Lipinski definition) is 1. The second-order valence-corrected chi connectivity index (χ2v) is 3.75. The average molecular weight is 334 g/mol. The Balaban J connectivity index is 3.46. The van der Waals surface area contributed by atoms with Gasteiger partial charge in [0.1, 0.15) is 11.6 Å². The molecule has 2 N–H and O–H groups in total. The van der Waals surface area contributed by atoms with Crippen LogP contribution in [0.3, 0.4) is 0 Å². The lowest BCUT2D eigenvalue weighted by atomic mass is 10.3. The van der Waals surface area contributed by atoms with Gasteiger partial charge < -0.3 is 5.73 Å². The molecule has 0 fully saturated rings. The minimum Gasteiger partial charge on any atom is -0.395 e. The van der Waals surface area contributed by atoms with Crippen LogP contribution in [0.15, 0.2) is 10.5 Å². The van der Waals surface area contributed by atoms with Gasteiger partial charge in [0, 0.05) is 6.07 Å². The molecule has 0 aliphatic rings. The van der Waals surface area contributed by atoms with Crippen molar-refractivity contribution < 1.29 is 8.78 Å². The molecule has 1 aromatic carbocycles. The molecule has 0 aliphatic heterocycles. The summed E-state index contributed by atoms with van der Waals surface area (Å²) in [5, 5.41) is 0. The third-order valence-electron chi connectivity index (χ3n) is 1.15. The predicted octanol–water partition coefficient (Wildman–Crippen LogP) is 2.91. The number of anilines is 1. The topological polar surface area (TPSA) is 26.0 Å². The Kier molecular flexibility index (Phi) is 2.69. The van der Waals surface area contributed by atoms with Crippen LogP contribution in [0.4, 0.5) is 14.5 Å². The van der Waals surface area contributed by atoms with E-state index in [1.54, 1.807) is 22.6 Å². The minimum atomic E-state index is -0.727. The van der Waals surface area contributed by atoms with Crippen molar-refractivity contribution in [2.45, 2.75) is 0 Å². The SMILES string of the molecule is Nc1c(F)cc(F)c(Br)c1I. The van der Waals surface area contributed by atoms with Crippen LogP contribution in [-0.4, -0.2) is 0 Å². The molecule has 0 atom stereocenters. The first-order valence-electron chi connectivity index (χ1n) is 2.62. The van der Waals surface area contributed by atoms with Gasteiger partial charge in [-0.25, -0.2) is 8.78 Å². The van der Waals surface area contributed by atoms with Gasteiger partial charge in [0.2, 0.25) is 0 Å². The molecule has 0 aliphatic carbocycles. The van der Waals surface area contributed by atoms with E-state index in [0.717, 1.165) is 6.07 Å². The van der Waals surface area contributed by atoms with Gasteiger partial charge in [-0.15, -0.1) is 0 Å². The Morgan fingerprint density at radius 3 is 2.45 bits per heavy atom. The van der Waals surface area contributed by atoms with E-state index in [1.807, 2.05) is 0 Å². The Hall–Kier alpha value is 0.0900. The molecule has 0 radical (unpaired) electrons. The Bertz CT molecular complexity index is 277. The lowest BCUT2D eigenvalue weighted by molar-refractivity contribution is 0.580. The summed E-state index contributed by atoms with van der Waals surface area (Å²) in [7, 11) is 0. The number of nitrogens with two attached hydrogens (primary N) is 1. The molecule has 0 amide bonds. The first-order chi connectivity index (χ1) is 5.04. The molecule has 0 aromatic heterocycles. The summed E-state index contributed by atoms with van der Waals surface area (Å²) >= 11 is 4.70. The van der Waals surface area contributed by atoms with Crippen molar-refractivity contribution >= 4 is 44.2 Å². The van der Waals surface area contributed by atoms with Crippen LogP contribution in [0, 0.1) is 15.2 Å². The maximum atomic E-state index is 12.7. The number of halogens is 4. The van der Waals surface area contributed by atoms with Crippen molar-refractivity contribution in [1.29, 1.82) is 0 Å². The molecule has 60 valence electrons. The maximum Gasteiger partial charge on any atom is 0.150 e. The summed E-state index contributed by atoms with van der Waals surface area (Å²) in [5.41, 5.74) is 5.24. The van der Waals surface area contributed by atoms with Crippen LogP contribution >= 0.6 is 38.5 Å². The van der Waals surface area contributed by atoms with Gasteiger partial charge in [0.05, 0.1) is 13.7 Å². The Labute approximate surface area is 84.2 Å². The second kappa shape index (κ2) is 3.22. The number of nitrogen functional groups attached to an aromatic ring is 1. The highest BCUT2D eigenvalue weighted by Gasteiger charge is 2.11. The lowest BCUT2D eigenvalue weighted by Gasteiger charge is -2.02. The van der Waals surface area contributed by atoms with Gasteiger partial charge in [0.15, 0.2) is 0 Å². The first-order valence-corrected chi connectivity index (χ1v) is 4.49. The van der Waals surface area contributed by atoms with Crippen molar-refractivity contribution in [2.75, 3.05) is 5.73 Å². The largest absolute Gasteiger partial charge is 0.395 e. The smallest absolute Gasteiger partial charge is 0.150 e. The summed E-state index contributed by atoms with van der Waals surface area (Å²) in [5.74, 6) is -1.36. The van der Waals surface area contributed by atoms with E-state index < -0.39 is 11.6 Å². The second-order valence-electron chi connectivity index (χ2n) is 1.88. The van der Waals surface area contributed by atoms with Crippen molar-refractivity contribution in [2.24, 2.45) is 0 Å². The summed E-state index contributed by atoms with van der Waals surface area (Å²) in [6.07, 6.45) is 0. The van der Waals surface area contributed by atoms with E-state index in [9.17, 15) is 8.78 Å². The van der Waals surface area contributed by atoms with E-state index in [4.69, 9.17) is 5.73 Å². The summed E-state index contributed by atoms with van der Waals surface area (Å²) < 4.78 is 25.9. The quantitative estimate of drug-likeness (QED) is 0.336. The van der Waals surface area contributed by atoms with Crippen LogP contribution in [0.25, 0.3) is 0 Å². The van der Waals surface area contributed by atoms with Crippen LogP contribution in [0.2, 0.25) is 0 Å². The zero-order valence-electron chi connectivity index (χ0n) is 5.17. The summed E-state index contributed by atoms with van der Waals surface area (Å²) in [6, 6.07) is 0.752. The lowest BCUT2D eigenvalue weighted by Crippen LogP contribution is -1.97. The van der Waals surface area contributed by atoms with Gasteiger partial charge in [0.25, 0.3) is 0 Å². The van der Waals surface area contributed by atoms with Gasteiger partial charge >= 0.3 is 0 Å². The normalized spacial score (nSPS) is 10.2. The van der Waals surface area contributed by atoms with E-state index in [2.05, 4.69) is 15.9 Å². The van der Waals surface area contributed by atoms with Crippen LogP contribution in [-0.2, 0) is 0 Å². The standard InChI is InChI=1S/C6H3BrF2IN/c7-4-2(8)1-3(9)6(11)5(4)10/h1H,11H2. The minimum absolute atomic E-state index is 0.0288. The molecular formula is C6H3BrF2IN. The highest BCUT2D eigenvalue weighted by molar-refractivity contribution is 14.1. The third-order valence-corrected chi connectivity index (χ3v) is 3.79. The van der Waals surface area contributed by atoms with Gasteiger partial charge in [-0.05, 0) is 38.5 Å². The average Bonchev–Trinajstić information content (AvgIpc) is 1.97. The van der Waals surface area contributed by atoms with Gasteiger partial charge in [-0.1, -0.05) is 0 Å². The van der Waals surface area contributed by atoms with Crippen LogP contribution in [0.5, 0.6) is 0 Å². The number of hydrogen-bond acceptors (Lipinski definition) is 1. The van der Waals surface area contributed by atoms with Crippen molar-refractivity contribution in [3.05, 3.63) is 25.7 Å². The Morgan fingerprint density at radius 1 is 1.36 bits per heavy atom. The molecule has 0 heterocycles. The van der Waals surface area contributed by atoms with E-state index in [-0.39, 0.29) is 10.2 Å². The fraction of sp³-hybridized carbons (Fsp3) is 0. The number of benzene rings is 1. The zero-order valence-corrected chi connectivity index (χ0v) is 8.91. The molecule has 0 spiro atoms. The highest BCUT2D eigenvalue weighted by atomic mass is 127. The van der Waals surface area contributed by atoms with Gasteiger partial charge in [-0.3, -0.25) is 0 Å². The molecular weight excluding hydrogens is 331 g/mol. The molecule has 0 saturated carbocycles. The maximum absolute atomic E-state index is 12.7. The van der Waals surface area contributed by atoms with Crippen molar-refractivity contribution in [1.82, 2.24) is 0 Å². The molecule has 11 heavy (non-hydrogen) atoms. The molecule has 0 unspecified atom stereocenters. The molecule has 0 bridgehead atoms. The predicted molar refractivity (Wildman–Crippen MR) is 51.2 cm³/mol. The van der Waals surface area contributed by atoms with E-state index >= 15 is 0 Å². The third kappa shape index (κ3) is 1.64. The van der Waals surface area contributed by atoms with E-state index in [0.29, 0.717) is 3.57 Å². The molecule has 0 saturated heterocycles. The first kappa shape index (κ1) is 9.18. The highest BCUT2D eigenvalue weighted by Crippen LogP contribution is 2.29. The monoisotopic (exact) mass is 333 g/mol. The molecule has 1 nitrogen and oxygen atoms in total. The van der Waals surface area contributed by atoms with Crippen LogP contribution < -0.4 is 5.73 Å². The fourth-order valence-corrected chi connectivity index (χ4v) is 1.42. The van der Waals surface area contributed by atoms with Crippen molar-refractivity contribution in [3.63, 3.8) is 0 Å². The molecule has 5 heteroatoms. The number of rotatable bonds is 0. The summed E-state index contributed by atoms with van der Waals surface area (Å²) in [6.45, 7) is 0. The van der Waals surface area contributed by atoms with Crippen LogP contribution in [0.1, 0.15) is 0 Å².